The van der Waals surface area contributed by atoms with E-state index in [1.54, 1.807) is 43.3 Å². The fraction of sp³-hybridized carbons (Fsp3) is 0.133. The molecule has 2 aromatic carbocycles. The van der Waals surface area contributed by atoms with Crippen molar-refractivity contribution in [3.63, 3.8) is 0 Å². The van der Waals surface area contributed by atoms with Gasteiger partial charge in [0.25, 0.3) is 0 Å². The molecule has 0 aliphatic carbocycles. The second-order valence-corrected chi connectivity index (χ2v) is 4.49. The molecular formula is C15H12ClFO2. The number of ether oxygens (including phenoxy) is 1. The summed E-state index contributed by atoms with van der Waals surface area (Å²) in [5.74, 6) is -0.665. The Morgan fingerprint density at radius 1 is 1.21 bits per heavy atom. The van der Waals surface area contributed by atoms with Gasteiger partial charge in [-0.15, -0.1) is 0 Å². The maximum absolute atomic E-state index is 13.7. The van der Waals surface area contributed by atoms with E-state index in [1.165, 1.54) is 6.07 Å². The van der Waals surface area contributed by atoms with E-state index in [9.17, 15) is 9.18 Å². The molecule has 98 valence electrons. The Balaban J connectivity index is 2.09. The van der Waals surface area contributed by atoms with Crippen LogP contribution in [0.5, 0.6) is 5.75 Å². The van der Waals surface area contributed by atoms with Crippen LogP contribution in [-0.4, -0.2) is 12.4 Å². The number of hydrogen-bond donors (Lipinski definition) is 0. The molecule has 2 nitrogen and oxygen atoms in total. The van der Waals surface area contributed by atoms with Crippen LogP contribution in [0.4, 0.5) is 4.39 Å². The van der Waals surface area contributed by atoms with Crippen LogP contribution in [0.25, 0.3) is 0 Å². The molecular weight excluding hydrogens is 267 g/mol. The number of halogens is 2. The molecule has 0 aliphatic rings. The van der Waals surface area contributed by atoms with E-state index in [2.05, 4.69) is 0 Å². The average molecular weight is 279 g/mol. The molecule has 0 bridgehead atoms. The number of carbonyl (C=O) groups is 1. The third kappa shape index (κ3) is 3.12. The number of rotatable bonds is 4. The summed E-state index contributed by atoms with van der Waals surface area (Å²) in [6.45, 7) is 1.39. The molecule has 2 aromatic rings. The van der Waals surface area contributed by atoms with Crippen LogP contribution in [0.1, 0.15) is 15.9 Å². The molecule has 0 radical (unpaired) electrons. The summed E-state index contributed by atoms with van der Waals surface area (Å²) < 4.78 is 18.9. The van der Waals surface area contributed by atoms with Gasteiger partial charge in [-0.3, -0.25) is 4.79 Å². The monoisotopic (exact) mass is 278 g/mol. The lowest BCUT2D eigenvalue weighted by Gasteiger charge is -2.08. The molecule has 0 amide bonds. The Hall–Kier alpha value is -1.87. The van der Waals surface area contributed by atoms with Gasteiger partial charge in [0, 0.05) is 5.56 Å². The summed E-state index contributed by atoms with van der Waals surface area (Å²) in [4.78, 5) is 11.9. The van der Waals surface area contributed by atoms with Gasteiger partial charge in [0.15, 0.2) is 18.2 Å². The maximum atomic E-state index is 13.7. The van der Waals surface area contributed by atoms with Crippen LogP contribution in [0.3, 0.4) is 0 Å². The maximum Gasteiger partial charge on any atom is 0.201 e. The van der Waals surface area contributed by atoms with Crippen LogP contribution in [0, 0.1) is 12.7 Å². The Kier molecular flexibility index (Phi) is 4.17. The molecule has 0 heterocycles. The van der Waals surface area contributed by atoms with Gasteiger partial charge >= 0.3 is 0 Å². The standard InChI is InChI=1S/C15H12ClFO2/c1-10-5-4-8-14(15(10)17)19-9-13(18)11-6-2-3-7-12(11)16/h2-8H,9H2,1H3. The quantitative estimate of drug-likeness (QED) is 0.789. The van der Waals surface area contributed by atoms with Crippen molar-refractivity contribution in [2.24, 2.45) is 0 Å². The highest BCUT2D eigenvalue weighted by atomic mass is 35.5. The average Bonchev–Trinajstić information content (AvgIpc) is 2.40. The number of ketones is 1. The molecule has 19 heavy (non-hydrogen) atoms. The van der Waals surface area contributed by atoms with E-state index < -0.39 is 5.82 Å². The third-order valence-corrected chi connectivity index (χ3v) is 3.02. The second kappa shape index (κ2) is 5.85. The predicted molar refractivity (Wildman–Crippen MR) is 72.4 cm³/mol. The minimum absolute atomic E-state index is 0.0698. The number of hydrogen-bond acceptors (Lipinski definition) is 2. The van der Waals surface area contributed by atoms with Crippen LogP contribution in [0.2, 0.25) is 5.02 Å². The van der Waals surface area contributed by atoms with Gasteiger partial charge in [-0.05, 0) is 30.7 Å². The van der Waals surface area contributed by atoms with Crippen LogP contribution >= 0.6 is 11.6 Å². The van der Waals surface area contributed by atoms with Crippen molar-refractivity contribution < 1.29 is 13.9 Å². The van der Waals surface area contributed by atoms with Gasteiger partial charge in [-0.2, -0.15) is 0 Å². The zero-order chi connectivity index (χ0) is 13.8. The molecule has 0 N–H and O–H groups in total. The summed E-state index contributed by atoms with van der Waals surface area (Å²) >= 11 is 5.91. The molecule has 0 saturated carbocycles. The van der Waals surface area contributed by atoms with E-state index in [0.717, 1.165) is 0 Å². The first-order valence-electron chi connectivity index (χ1n) is 5.75. The molecule has 0 spiro atoms. The molecule has 4 heteroatoms. The molecule has 0 fully saturated rings. The topological polar surface area (TPSA) is 26.3 Å². The van der Waals surface area contributed by atoms with Crippen LogP contribution in [0.15, 0.2) is 42.5 Å². The Bertz CT molecular complexity index is 611. The van der Waals surface area contributed by atoms with Gasteiger partial charge in [-0.1, -0.05) is 35.9 Å². The molecule has 0 unspecified atom stereocenters. The highest BCUT2D eigenvalue weighted by molar-refractivity contribution is 6.34. The minimum atomic E-state index is -0.450. The Labute approximate surface area is 115 Å². The second-order valence-electron chi connectivity index (χ2n) is 4.08. The number of benzene rings is 2. The van der Waals surface area contributed by atoms with E-state index in [4.69, 9.17) is 16.3 Å². The lowest BCUT2D eigenvalue weighted by Crippen LogP contribution is -2.12. The third-order valence-electron chi connectivity index (χ3n) is 2.69. The van der Waals surface area contributed by atoms with E-state index >= 15 is 0 Å². The number of aryl methyl sites for hydroxylation is 1. The van der Waals surface area contributed by atoms with Crippen molar-refractivity contribution in [2.75, 3.05) is 6.61 Å². The summed E-state index contributed by atoms with van der Waals surface area (Å²) in [6, 6.07) is 11.5. The Morgan fingerprint density at radius 2 is 1.95 bits per heavy atom. The number of carbonyl (C=O) groups excluding carboxylic acids is 1. The van der Waals surface area contributed by atoms with E-state index in [-0.39, 0.29) is 18.1 Å². The summed E-state index contributed by atoms with van der Waals surface area (Å²) in [6.07, 6.45) is 0. The van der Waals surface area contributed by atoms with E-state index in [0.29, 0.717) is 16.1 Å². The Morgan fingerprint density at radius 3 is 2.68 bits per heavy atom. The molecule has 0 saturated heterocycles. The van der Waals surface area contributed by atoms with Gasteiger partial charge < -0.3 is 4.74 Å². The zero-order valence-electron chi connectivity index (χ0n) is 10.3. The van der Waals surface area contributed by atoms with Gasteiger partial charge in [-0.25, -0.2) is 4.39 Å². The first kappa shape index (κ1) is 13.6. The van der Waals surface area contributed by atoms with Crippen molar-refractivity contribution >= 4 is 17.4 Å². The van der Waals surface area contributed by atoms with Crippen LogP contribution in [-0.2, 0) is 0 Å². The van der Waals surface area contributed by atoms with Crippen molar-refractivity contribution in [2.45, 2.75) is 6.92 Å². The SMILES string of the molecule is Cc1cccc(OCC(=O)c2ccccc2Cl)c1F. The molecule has 2 rings (SSSR count). The predicted octanol–water partition coefficient (Wildman–Crippen LogP) is 4.05. The van der Waals surface area contributed by atoms with E-state index in [1.807, 2.05) is 0 Å². The largest absolute Gasteiger partial charge is 0.482 e. The lowest BCUT2D eigenvalue weighted by atomic mass is 10.1. The molecule has 0 atom stereocenters. The molecule has 0 aliphatic heterocycles. The van der Waals surface area contributed by atoms with Gasteiger partial charge in [0.05, 0.1) is 5.02 Å². The fourth-order valence-electron chi connectivity index (χ4n) is 1.64. The zero-order valence-corrected chi connectivity index (χ0v) is 11.1. The van der Waals surface area contributed by atoms with Crippen molar-refractivity contribution in [3.8, 4) is 5.75 Å². The van der Waals surface area contributed by atoms with Crippen LogP contribution < -0.4 is 4.74 Å². The fourth-order valence-corrected chi connectivity index (χ4v) is 1.88. The van der Waals surface area contributed by atoms with Crippen molar-refractivity contribution in [1.82, 2.24) is 0 Å². The van der Waals surface area contributed by atoms with Crippen molar-refractivity contribution in [1.29, 1.82) is 0 Å². The highest BCUT2D eigenvalue weighted by Crippen LogP contribution is 2.21. The lowest BCUT2D eigenvalue weighted by molar-refractivity contribution is 0.0919. The smallest absolute Gasteiger partial charge is 0.201 e. The summed E-state index contributed by atoms with van der Waals surface area (Å²) in [5.41, 5.74) is 0.847. The molecule has 0 aromatic heterocycles. The normalized spacial score (nSPS) is 10.3. The first-order valence-corrected chi connectivity index (χ1v) is 6.13. The highest BCUT2D eigenvalue weighted by Gasteiger charge is 2.12. The van der Waals surface area contributed by atoms with Crippen molar-refractivity contribution in [3.05, 3.63) is 64.4 Å². The minimum Gasteiger partial charge on any atom is -0.482 e. The number of Topliss-reactive ketones (excluding diaryl/α,β-unsaturated/α-hetero) is 1. The summed E-state index contributed by atoms with van der Waals surface area (Å²) in [5, 5.41) is 0.362. The first-order chi connectivity index (χ1) is 9.09. The summed E-state index contributed by atoms with van der Waals surface area (Å²) in [7, 11) is 0. The van der Waals surface area contributed by atoms with Gasteiger partial charge in [0.2, 0.25) is 5.78 Å². The van der Waals surface area contributed by atoms with Gasteiger partial charge in [0.1, 0.15) is 0 Å².